The summed E-state index contributed by atoms with van der Waals surface area (Å²) in [6.45, 7) is 4.43. The fourth-order valence-electron chi connectivity index (χ4n) is 1.91. The molecule has 0 radical (unpaired) electrons. The van der Waals surface area contributed by atoms with E-state index >= 15 is 0 Å². The zero-order chi connectivity index (χ0) is 11.3. The molecule has 86 valence electrons. The van der Waals surface area contributed by atoms with Crippen LogP contribution in [0.2, 0.25) is 0 Å². The summed E-state index contributed by atoms with van der Waals surface area (Å²) in [7, 11) is 3.52. The summed E-state index contributed by atoms with van der Waals surface area (Å²) in [5.74, 6) is 0.286. The number of carbonyl (C=O) groups is 1. The van der Waals surface area contributed by atoms with Gasteiger partial charge in [0.15, 0.2) is 0 Å². The van der Waals surface area contributed by atoms with Crippen molar-refractivity contribution in [2.45, 2.75) is 19.4 Å². The van der Waals surface area contributed by atoms with Crippen LogP contribution in [0, 0.1) is 5.92 Å². The fraction of sp³-hybridized carbons (Fsp3) is 0.727. The molecule has 1 fully saturated rings. The van der Waals surface area contributed by atoms with E-state index < -0.39 is 0 Å². The van der Waals surface area contributed by atoms with Gasteiger partial charge in [0.1, 0.15) is 0 Å². The number of rotatable bonds is 3. The van der Waals surface area contributed by atoms with Gasteiger partial charge < -0.3 is 15.0 Å². The third kappa shape index (κ3) is 3.91. The molecule has 1 aliphatic heterocycles. The lowest BCUT2D eigenvalue weighted by atomic mass is 9.94. The van der Waals surface area contributed by atoms with Gasteiger partial charge in [-0.25, -0.2) is 4.79 Å². The van der Waals surface area contributed by atoms with E-state index in [2.05, 4.69) is 28.9 Å². The van der Waals surface area contributed by atoms with Gasteiger partial charge in [-0.2, -0.15) is 0 Å². The Balaban J connectivity index is 2.32. The molecule has 0 aromatic rings. The maximum atomic E-state index is 10.8. The zero-order valence-corrected chi connectivity index (χ0v) is 9.69. The normalized spacial score (nSPS) is 27.9. The van der Waals surface area contributed by atoms with E-state index in [-0.39, 0.29) is 5.97 Å². The Morgan fingerprint density at radius 2 is 2.33 bits per heavy atom. The second-order valence-electron chi connectivity index (χ2n) is 4.16. The molecule has 4 heteroatoms. The third-order valence-corrected chi connectivity index (χ3v) is 2.84. The second-order valence-corrected chi connectivity index (χ2v) is 4.16. The van der Waals surface area contributed by atoms with Gasteiger partial charge in [-0.1, -0.05) is 6.92 Å². The minimum atomic E-state index is -0.317. The molecule has 1 aliphatic rings. The number of methoxy groups -OCH3 is 1. The van der Waals surface area contributed by atoms with Crippen LogP contribution in [-0.4, -0.2) is 44.2 Å². The lowest BCUT2D eigenvalue weighted by Gasteiger charge is -2.34. The summed E-state index contributed by atoms with van der Waals surface area (Å²) in [6, 6.07) is 0.460. The van der Waals surface area contributed by atoms with Crippen molar-refractivity contribution in [3.8, 4) is 0 Å². The molecule has 0 amide bonds. The van der Waals surface area contributed by atoms with Crippen LogP contribution in [0.3, 0.4) is 0 Å². The van der Waals surface area contributed by atoms with E-state index in [9.17, 15) is 4.79 Å². The second kappa shape index (κ2) is 5.75. The number of likely N-dealkylation sites (tertiary alicyclic amines) is 1. The lowest BCUT2D eigenvalue weighted by Crippen LogP contribution is -2.45. The summed E-state index contributed by atoms with van der Waals surface area (Å²) in [5.41, 5.74) is 0. The number of carbonyl (C=O) groups excluding carboxylic acids is 1. The van der Waals surface area contributed by atoms with Gasteiger partial charge in [0.05, 0.1) is 7.11 Å². The first-order valence-electron chi connectivity index (χ1n) is 5.32. The topological polar surface area (TPSA) is 41.6 Å². The van der Waals surface area contributed by atoms with Crippen molar-refractivity contribution < 1.29 is 9.53 Å². The van der Waals surface area contributed by atoms with E-state index in [4.69, 9.17) is 0 Å². The number of piperidine rings is 1. The Labute approximate surface area is 91.3 Å². The maximum Gasteiger partial charge on any atom is 0.331 e. The Hall–Kier alpha value is -1.03. The number of nitrogens with zero attached hydrogens (tertiary/aromatic N) is 1. The highest BCUT2D eigenvalue weighted by Crippen LogP contribution is 2.14. The van der Waals surface area contributed by atoms with E-state index in [0.29, 0.717) is 12.0 Å². The van der Waals surface area contributed by atoms with Crippen LogP contribution >= 0.6 is 0 Å². The highest BCUT2D eigenvalue weighted by Gasteiger charge is 2.22. The molecule has 4 nitrogen and oxygen atoms in total. The first kappa shape index (κ1) is 12.0. The van der Waals surface area contributed by atoms with Gasteiger partial charge in [0.25, 0.3) is 0 Å². The van der Waals surface area contributed by atoms with E-state index in [0.717, 1.165) is 19.5 Å². The number of esters is 1. The predicted octanol–water partition coefficient (Wildman–Crippen LogP) is 0.603. The fourth-order valence-corrected chi connectivity index (χ4v) is 1.91. The zero-order valence-electron chi connectivity index (χ0n) is 9.69. The van der Waals surface area contributed by atoms with Crippen LogP contribution in [0.5, 0.6) is 0 Å². The van der Waals surface area contributed by atoms with Crippen molar-refractivity contribution in [3.05, 3.63) is 12.3 Å². The van der Waals surface area contributed by atoms with Crippen LogP contribution < -0.4 is 5.32 Å². The average Bonchev–Trinajstić information content (AvgIpc) is 2.21. The van der Waals surface area contributed by atoms with Crippen molar-refractivity contribution in [2.75, 3.05) is 27.2 Å². The standard InChI is InChI=1S/C11H20N2O2/c1-9-8-13(2)7-5-10(9)12-6-4-11(14)15-3/h4,6,9-10,12H,5,7-8H2,1-3H3/b6-4+. The summed E-state index contributed by atoms with van der Waals surface area (Å²) in [4.78, 5) is 13.2. The summed E-state index contributed by atoms with van der Waals surface area (Å²) in [6.07, 6.45) is 4.23. The van der Waals surface area contributed by atoms with E-state index in [1.54, 1.807) is 6.20 Å². The lowest BCUT2D eigenvalue weighted by molar-refractivity contribution is -0.134. The molecule has 15 heavy (non-hydrogen) atoms. The highest BCUT2D eigenvalue weighted by molar-refractivity contribution is 5.81. The maximum absolute atomic E-state index is 10.8. The molecule has 0 bridgehead atoms. The van der Waals surface area contributed by atoms with Crippen LogP contribution in [0.25, 0.3) is 0 Å². The highest BCUT2D eigenvalue weighted by atomic mass is 16.5. The Morgan fingerprint density at radius 3 is 2.93 bits per heavy atom. The Kier molecular flexibility index (Phi) is 4.62. The van der Waals surface area contributed by atoms with Crippen molar-refractivity contribution in [1.29, 1.82) is 0 Å². The Bertz CT molecular complexity index is 241. The first-order chi connectivity index (χ1) is 7.13. The van der Waals surface area contributed by atoms with Gasteiger partial charge in [-0.05, 0) is 25.9 Å². The van der Waals surface area contributed by atoms with Crippen LogP contribution in [0.1, 0.15) is 13.3 Å². The van der Waals surface area contributed by atoms with Gasteiger partial charge in [-0.3, -0.25) is 0 Å². The van der Waals surface area contributed by atoms with Gasteiger partial charge in [0, 0.05) is 24.9 Å². The van der Waals surface area contributed by atoms with Crippen molar-refractivity contribution in [3.63, 3.8) is 0 Å². The molecule has 2 unspecified atom stereocenters. The summed E-state index contributed by atoms with van der Waals surface area (Å²) >= 11 is 0. The van der Waals surface area contributed by atoms with Crippen LogP contribution in [0.4, 0.5) is 0 Å². The monoisotopic (exact) mass is 212 g/mol. The van der Waals surface area contributed by atoms with Crippen molar-refractivity contribution in [2.24, 2.45) is 5.92 Å². The molecule has 2 atom stereocenters. The molecular formula is C11H20N2O2. The van der Waals surface area contributed by atoms with Crippen LogP contribution in [-0.2, 0) is 9.53 Å². The molecule has 1 rings (SSSR count). The molecule has 1 saturated heterocycles. The minimum Gasteiger partial charge on any atom is -0.466 e. The predicted molar refractivity (Wildman–Crippen MR) is 59.4 cm³/mol. The summed E-state index contributed by atoms with van der Waals surface area (Å²) < 4.78 is 4.51. The van der Waals surface area contributed by atoms with Crippen molar-refractivity contribution in [1.82, 2.24) is 10.2 Å². The Morgan fingerprint density at radius 1 is 1.60 bits per heavy atom. The molecule has 0 aromatic carbocycles. The SMILES string of the molecule is COC(=O)/C=C/NC1CCN(C)CC1C. The summed E-state index contributed by atoms with van der Waals surface area (Å²) in [5, 5.41) is 3.25. The van der Waals surface area contributed by atoms with E-state index in [1.807, 2.05) is 0 Å². The average molecular weight is 212 g/mol. The molecule has 0 saturated carbocycles. The number of nitrogens with one attached hydrogen (secondary N) is 1. The van der Waals surface area contributed by atoms with Gasteiger partial charge >= 0.3 is 5.97 Å². The molecule has 0 spiro atoms. The molecular weight excluding hydrogens is 192 g/mol. The van der Waals surface area contributed by atoms with Gasteiger partial charge in [0.2, 0.25) is 0 Å². The third-order valence-electron chi connectivity index (χ3n) is 2.84. The molecule has 1 heterocycles. The van der Waals surface area contributed by atoms with E-state index in [1.165, 1.54) is 13.2 Å². The smallest absolute Gasteiger partial charge is 0.331 e. The van der Waals surface area contributed by atoms with Crippen molar-refractivity contribution >= 4 is 5.97 Å². The largest absolute Gasteiger partial charge is 0.466 e. The van der Waals surface area contributed by atoms with Gasteiger partial charge in [-0.15, -0.1) is 0 Å². The minimum absolute atomic E-state index is 0.317. The number of hydrogen-bond acceptors (Lipinski definition) is 4. The van der Waals surface area contributed by atoms with Crippen LogP contribution in [0.15, 0.2) is 12.3 Å². The molecule has 1 N–H and O–H groups in total. The first-order valence-corrected chi connectivity index (χ1v) is 5.32. The number of hydrogen-bond donors (Lipinski definition) is 1. The molecule has 0 aliphatic carbocycles. The quantitative estimate of drug-likeness (QED) is 0.549. The number of ether oxygens (including phenoxy) is 1. The molecule has 0 aromatic heterocycles.